The highest BCUT2D eigenvalue weighted by molar-refractivity contribution is 14.1. The highest BCUT2D eigenvalue weighted by atomic mass is 127. The molecule has 0 aliphatic carbocycles. The van der Waals surface area contributed by atoms with Gasteiger partial charge in [0.2, 0.25) is 0 Å². The van der Waals surface area contributed by atoms with Gasteiger partial charge in [0.25, 0.3) is 0 Å². The van der Waals surface area contributed by atoms with E-state index < -0.39 is 6.04 Å². The van der Waals surface area contributed by atoms with Gasteiger partial charge >= 0.3 is 0 Å². The number of rotatable bonds is 2. The normalized spacial score (nSPS) is 12.5. The molecule has 2 N–H and O–H groups in total. The van der Waals surface area contributed by atoms with E-state index in [1.807, 2.05) is 6.07 Å². The first kappa shape index (κ1) is 12.8. The van der Waals surface area contributed by atoms with Crippen molar-refractivity contribution >= 4 is 34.2 Å². The molecule has 1 nitrogen and oxygen atoms in total. The van der Waals surface area contributed by atoms with Gasteiger partial charge in [-0.05, 0) is 52.4 Å². The van der Waals surface area contributed by atoms with Gasteiger partial charge in [0, 0.05) is 14.2 Å². The molecule has 1 unspecified atom stereocenters. The summed E-state index contributed by atoms with van der Waals surface area (Å²) in [6, 6.07) is 11.5. The molecule has 0 amide bonds. The molecular formula is C13H10ClFIN. The van der Waals surface area contributed by atoms with Crippen LogP contribution < -0.4 is 5.73 Å². The van der Waals surface area contributed by atoms with E-state index in [0.29, 0.717) is 10.6 Å². The maximum absolute atomic E-state index is 13.6. The van der Waals surface area contributed by atoms with Crippen molar-refractivity contribution in [3.63, 3.8) is 0 Å². The second-order valence-corrected chi connectivity index (χ2v) is 5.26. The van der Waals surface area contributed by atoms with Crippen LogP contribution in [0.4, 0.5) is 4.39 Å². The third kappa shape index (κ3) is 2.78. The molecule has 0 aromatic heterocycles. The van der Waals surface area contributed by atoms with Crippen LogP contribution in [0.2, 0.25) is 5.02 Å². The Kier molecular flexibility index (Phi) is 4.01. The Morgan fingerprint density at radius 3 is 2.53 bits per heavy atom. The van der Waals surface area contributed by atoms with Crippen molar-refractivity contribution in [2.45, 2.75) is 6.04 Å². The summed E-state index contributed by atoms with van der Waals surface area (Å²) in [5, 5.41) is 0.604. The maximum Gasteiger partial charge on any atom is 0.128 e. The third-order valence-corrected chi connectivity index (χ3v) is 3.75. The van der Waals surface area contributed by atoms with E-state index in [-0.39, 0.29) is 5.82 Å². The number of hydrogen-bond donors (Lipinski definition) is 1. The second kappa shape index (κ2) is 5.33. The van der Waals surface area contributed by atoms with E-state index in [9.17, 15) is 4.39 Å². The fraction of sp³-hybridized carbons (Fsp3) is 0.0769. The molecule has 4 heteroatoms. The number of halogens is 3. The molecule has 2 aromatic carbocycles. The molecule has 2 aromatic rings. The number of hydrogen-bond acceptors (Lipinski definition) is 1. The molecule has 0 heterocycles. The van der Waals surface area contributed by atoms with Crippen molar-refractivity contribution in [3.05, 3.63) is 68.0 Å². The van der Waals surface area contributed by atoms with E-state index in [0.717, 1.165) is 9.13 Å². The lowest BCUT2D eigenvalue weighted by molar-refractivity contribution is 0.599. The summed E-state index contributed by atoms with van der Waals surface area (Å²) in [5.74, 6) is -0.296. The summed E-state index contributed by atoms with van der Waals surface area (Å²) in [6.45, 7) is 0. The van der Waals surface area contributed by atoms with Gasteiger partial charge in [-0.2, -0.15) is 0 Å². The fourth-order valence-electron chi connectivity index (χ4n) is 1.65. The molecule has 0 saturated heterocycles. The van der Waals surface area contributed by atoms with Crippen LogP contribution in [0.5, 0.6) is 0 Å². The average molecular weight is 362 g/mol. The molecule has 0 saturated carbocycles. The molecule has 0 bridgehead atoms. The van der Waals surface area contributed by atoms with Crippen molar-refractivity contribution < 1.29 is 4.39 Å². The zero-order chi connectivity index (χ0) is 12.4. The predicted octanol–water partition coefficient (Wildman–Crippen LogP) is 4.13. The monoisotopic (exact) mass is 361 g/mol. The van der Waals surface area contributed by atoms with Crippen molar-refractivity contribution in [1.82, 2.24) is 0 Å². The van der Waals surface area contributed by atoms with Crippen molar-refractivity contribution in [2.75, 3.05) is 0 Å². The Labute approximate surface area is 118 Å². The molecular weight excluding hydrogens is 352 g/mol. The standard InChI is InChI=1S/C13H10ClFIN/c14-8-5-6-12(16)10(7-8)13(17)9-3-1-2-4-11(9)15/h1-7,13H,17H2. The smallest absolute Gasteiger partial charge is 0.128 e. The summed E-state index contributed by atoms with van der Waals surface area (Å²) in [6.07, 6.45) is 0. The van der Waals surface area contributed by atoms with E-state index in [1.165, 1.54) is 6.07 Å². The van der Waals surface area contributed by atoms with E-state index >= 15 is 0 Å². The summed E-state index contributed by atoms with van der Waals surface area (Å²) in [7, 11) is 0. The Hall–Kier alpha value is -0.650. The third-order valence-electron chi connectivity index (χ3n) is 2.53. The first-order valence-corrected chi connectivity index (χ1v) is 6.50. The highest BCUT2D eigenvalue weighted by Crippen LogP contribution is 2.28. The van der Waals surface area contributed by atoms with Gasteiger partial charge in [-0.1, -0.05) is 29.8 Å². The van der Waals surface area contributed by atoms with Crippen molar-refractivity contribution in [1.29, 1.82) is 0 Å². The molecule has 0 spiro atoms. The van der Waals surface area contributed by atoms with Crippen LogP contribution in [0.3, 0.4) is 0 Å². The average Bonchev–Trinajstić information content (AvgIpc) is 2.32. The van der Waals surface area contributed by atoms with Crippen LogP contribution in [0.1, 0.15) is 17.2 Å². The van der Waals surface area contributed by atoms with Gasteiger partial charge in [0.1, 0.15) is 5.82 Å². The molecule has 2 rings (SSSR count). The van der Waals surface area contributed by atoms with Crippen LogP contribution in [0, 0.1) is 9.39 Å². The Balaban J connectivity index is 2.47. The molecule has 88 valence electrons. The first-order chi connectivity index (χ1) is 8.09. The second-order valence-electron chi connectivity index (χ2n) is 3.67. The quantitative estimate of drug-likeness (QED) is 0.800. The van der Waals surface area contributed by atoms with E-state index in [1.54, 1.807) is 30.3 Å². The zero-order valence-corrected chi connectivity index (χ0v) is 11.7. The fourth-order valence-corrected chi connectivity index (χ4v) is 2.50. The molecule has 0 fully saturated rings. The summed E-state index contributed by atoms with van der Waals surface area (Å²) in [5.41, 5.74) is 7.40. The minimum Gasteiger partial charge on any atom is -0.320 e. The van der Waals surface area contributed by atoms with Crippen LogP contribution in [0.15, 0.2) is 42.5 Å². The minimum atomic E-state index is -0.498. The topological polar surface area (TPSA) is 26.0 Å². The Morgan fingerprint density at radius 2 is 1.82 bits per heavy atom. The van der Waals surface area contributed by atoms with Gasteiger partial charge in [-0.3, -0.25) is 0 Å². The molecule has 1 atom stereocenters. The van der Waals surface area contributed by atoms with Gasteiger partial charge < -0.3 is 5.73 Å². The van der Waals surface area contributed by atoms with E-state index in [2.05, 4.69) is 22.6 Å². The largest absolute Gasteiger partial charge is 0.320 e. The molecule has 0 radical (unpaired) electrons. The van der Waals surface area contributed by atoms with Gasteiger partial charge in [0.05, 0.1) is 6.04 Å². The number of nitrogens with two attached hydrogens (primary N) is 1. The van der Waals surface area contributed by atoms with Crippen LogP contribution in [0.25, 0.3) is 0 Å². The maximum atomic E-state index is 13.6. The highest BCUT2D eigenvalue weighted by Gasteiger charge is 2.15. The molecule has 0 aliphatic rings. The SMILES string of the molecule is NC(c1ccccc1F)c1cc(Cl)ccc1I. The minimum absolute atomic E-state index is 0.296. The lowest BCUT2D eigenvalue weighted by atomic mass is 9.99. The van der Waals surface area contributed by atoms with Gasteiger partial charge in [-0.25, -0.2) is 4.39 Å². The summed E-state index contributed by atoms with van der Waals surface area (Å²) in [4.78, 5) is 0. The van der Waals surface area contributed by atoms with Crippen molar-refractivity contribution in [2.24, 2.45) is 5.73 Å². The number of benzene rings is 2. The van der Waals surface area contributed by atoms with Crippen LogP contribution >= 0.6 is 34.2 Å². The lowest BCUT2D eigenvalue weighted by Gasteiger charge is -2.15. The van der Waals surface area contributed by atoms with Crippen molar-refractivity contribution in [3.8, 4) is 0 Å². The lowest BCUT2D eigenvalue weighted by Crippen LogP contribution is -2.14. The summed E-state index contributed by atoms with van der Waals surface area (Å²) < 4.78 is 14.6. The Bertz CT molecular complexity index is 545. The predicted molar refractivity (Wildman–Crippen MR) is 76.6 cm³/mol. The Morgan fingerprint density at radius 1 is 1.12 bits per heavy atom. The van der Waals surface area contributed by atoms with Crippen LogP contribution in [-0.2, 0) is 0 Å². The molecule has 17 heavy (non-hydrogen) atoms. The van der Waals surface area contributed by atoms with Gasteiger partial charge in [0.15, 0.2) is 0 Å². The van der Waals surface area contributed by atoms with Gasteiger partial charge in [-0.15, -0.1) is 0 Å². The van der Waals surface area contributed by atoms with Crippen LogP contribution in [-0.4, -0.2) is 0 Å². The summed E-state index contributed by atoms with van der Waals surface area (Å²) >= 11 is 8.11. The molecule has 0 aliphatic heterocycles. The van der Waals surface area contributed by atoms with E-state index in [4.69, 9.17) is 17.3 Å². The first-order valence-electron chi connectivity index (χ1n) is 5.04. The zero-order valence-electron chi connectivity index (χ0n) is 8.83.